The van der Waals surface area contributed by atoms with Crippen LogP contribution in [0.4, 0.5) is 21.0 Å². The van der Waals surface area contributed by atoms with Crippen molar-refractivity contribution in [3.8, 4) is 34.2 Å². The molecule has 2 aromatic carbocycles. The van der Waals surface area contributed by atoms with Crippen molar-refractivity contribution in [3.05, 3.63) is 132 Å². The predicted octanol–water partition coefficient (Wildman–Crippen LogP) is 10.5. The van der Waals surface area contributed by atoms with Gasteiger partial charge >= 0.3 is 12.2 Å². The number of fused-ring (bicyclic) bond motifs is 2. The summed E-state index contributed by atoms with van der Waals surface area (Å²) in [5, 5.41) is 28.7. The highest BCUT2D eigenvalue weighted by molar-refractivity contribution is 6.03. The van der Waals surface area contributed by atoms with E-state index in [1.807, 2.05) is 133 Å². The molecule has 0 aliphatic rings. The number of ether oxygens (including phenoxy) is 2. The molecule has 0 radical (unpaired) electrons. The summed E-state index contributed by atoms with van der Waals surface area (Å²) in [6.45, 7) is 18.3. The normalized spacial score (nSPS) is 12.3. The minimum Gasteiger partial charge on any atom is -0.444 e. The Kier molecular flexibility index (Phi) is 13.4. The summed E-state index contributed by atoms with van der Waals surface area (Å²) >= 11 is 0. The van der Waals surface area contributed by atoms with Crippen molar-refractivity contribution in [2.24, 2.45) is 10.9 Å². The number of nitrogens with zero attached hydrogens (tertiary/aromatic N) is 9. The smallest absolute Gasteiger partial charge is 0.412 e. The number of hydrogen-bond acceptors (Lipinski definition) is 13. The third-order valence-electron chi connectivity index (χ3n) is 9.93. The molecule has 0 fully saturated rings. The molecule has 8 aromatic rings. The molecule has 0 saturated heterocycles. The monoisotopic (exact) mass is 902 g/mol. The predicted molar refractivity (Wildman–Crippen MR) is 260 cm³/mol. The lowest BCUT2D eigenvalue weighted by Gasteiger charge is -2.20. The van der Waals surface area contributed by atoms with Gasteiger partial charge in [0.25, 0.3) is 0 Å². The maximum absolute atomic E-state index is 12.6. The third kappa shape index (κ3) is 11.4. The van der Waals surface area contributed by atoms with Crippen LogP contribution in [0.25, 0.3) is 56.0 Å². The standard InChI is InChI=1S/C25H26N6O3.C25H28N6O2/c1-15-8-6-11-23(27-15)31-22-13-17(20-10-7-9-19(28-20)16(2)30-33)12-21(18(22)14-26-31)29-24(32)34-25(3,4)5;1-15-8-6-11-23(28-15)31-22-13-17(20-10-7-9-19(29-20)16(2)26)12-21(18(22)14-27-31)30-24(32)33-25(3,4)5/h6-14,33H,1-5H3,(H,29,32);6-14,16H,26H2,1-5H3,(H,30,32)/b30-16-;. The summed E-state index contributed by atoms with van der Waals surface area (Å²) in [6.07, 6.45) is 2.28. The van der Waals surface area contributed by atoms with Gasteiger partial charge in [-0.15, -0.1) is 0 Å². The second-order valence-electron chi connectivity index (χ2n) is 17.9. The molecule has 2 amide bonds. The molecular weight excluding hydrogens is 849 g/mol. The van der Waals surface area contributed by atoms with Gasteiger partial charge in [-0.3, -0.25) is 15.6 Å². The van der Waals surface area contributed by atoms with Gasteiger partial charge < -0.3 is 20.4 Å². The van der Waals surface area contributed by atoms with Crippen molar-refractivity contribution in [2.75, 3.05) is 10.6 Å². The number of aromatic nitrogens is 8. The SMILES string of the molecule is C/C(=N/O)c1cccc(-c2cc(NC(=O)OC(C)(C)C)c3cnn(-c4cccc(C)n4)c3c2)n1.Cc1cccc(-n2ncc3c(NC(=O)OC(C)(C)C)cc(-c4cccc(C(C)N)n4)cc32)n1. The Labute approximate surface area is 388 Å². The second-order valence-corrected chi connectivity index (χ2v) is 17.9. The minimum atomic E-state index is -0.645. The lowest BCUT2D eigenvalue weighted by molar-refractivity contribution is 0.0625. The second kappa shape index (κ2) is 19.2. The van der Waals surface area contributed by atoms with Crippen LogP contribution in [0.3, 0.4) is 0 Å². The molecule has 67 heavy (non-hydrogen) atoms. The Bertz CT molecular complexity index is 3140. The Morgan fingerprint density at radius 1 is 0.657 bits per heavy atom. The average Bonchev–Trinajstić information content (AvgIpc) is 3.91. The molecule has 17 heteroatoms. The Morgan fingerprint density at radius 2 is 1.10 bits per heavy atom. The number of aryl methyl sites for hydroxylation is 2. The molecule has 0 bridgehead atoms. The summed E-state index contributed by atoms with van der Waals surface area (Å²) < 4.78 is 14.4. The highest BCUT2D eigenvalue weighted by atomic mass is 16.6. The fraction of sp³-hybridized carbons (Fsp3) is 0.260. The lowest BCUT2D eigenvalue weighted by atomic mass is 10.1. The quantitative estimate of drug-likeness (QED) is 0.0635. The first-order valence-electron chi connectivity index (χ1n) is 21.6. The van der Waals surface area contributed by atoms with Crippen molar-refractivity contribution in [1.82, 2.24) is 39.5 Å². The zero-order valence-corrected chi connectivity index (χ0v) is 39.2. The Morgan fingerprint density at radius 3 is 1.54 bits per heavy atom. The van der Waals surface area contributed by atoms with Crippen LogP contribution in [0.5, 0.6) is 0 Å². The molecule has 8 rings (SSSR count). The Balaban J connectivity index is 0.000000199. The first kappa shape index (κ1) is 46.9. The molecule has 17 nitrogen and oxygen atoms in total. The van der Waals surface area contributed by atoms with Gasteiger partial charge in [-0.05, 0) is 142 Å². The summed E-state index contributed by atoms with van der Waals surface area (Å²) in [5.41, 5.74) is 13.8. The fourth-order valence-corrected chi connectivity index (χ4v) is 6.96. The average molecular weight is 903 g/mol. The number of carbonyl (C=O) groups excluding carboxylic acids is 2. The maximum atomic E-state index is 12.6. The van der Waals surface area contributed by atoms with E-state index in [1.165, 1.54) is 0 Å². The van der Waals surface area contributed by atoms with Crippen molar-refractivity contribution in [2.45, 2.75) is 86.5 Å². The molecule has 6 heterocycles. The topological polar surface area (TPSA) is 222 Å². The van der Waals surface area contributed by atoms with Crippen molar-refractivity contribution >= 4 is 51.1 Å². The summed E-state index contributed by atoms with van der Waals surface area (Å²) in [7, 11) is 0. The first-order chi connectivity index (χ1) is 31.7. The molecule has 344 valence electrons. The van der Waals surface area contributed by atoms with E-state index in [4.69, 9.17) is 25.4 Å². The van der Waals surface area contributed by atoms with Crippen LogP contribution in [0, 0.1) is 13.8 Å². The highest BCUT2D eigenvalue weighted by Gasteiger charge is 2.22. The number of pyridine rings is 4. The molecule has 6 aromatic heterocycles. The molecular formula is C50H54N12O5. The highest BCUT2D eigenvalue weighted by Crippen LogP contribution is 2.34. The number of amides is 2. The van der Waals surface area contributed by atoms with E-state index >= 15 is 0 Å². The number of nitrogens with two attached hydrogens (primary N) is 1. The van der Waals surface area contributed by atoms with Crippen LogP contribution in [0.2, 0.25) is 0 Å². The van der Waals surface area contributed by atoms with Crippen LogP contribution in [0.1, 0.15) is 84.2 Å². The van der Waals surface area contributed by atoms with Crippen LogP contribution in [-0.2, 0) is 9.47 Å². The van der Waals surface area contributed by atoms with E-state index in [0.29, 0.717) is 40.1 Å². The van der Waals surface area contributed by atoms with Gasteiger partial charge in [0, 0.05) is 39.3 Å². The van der Waals surface area contributed by atoms with Crippen LogP contribution < -0.4 is 16.4 Å². The van der Waals surface area contributed by atoms with E-state index in [1.54, 1.807) is 55.5 Å². The number of carbonyl (C=O) groups is 2. The molecule has 1 unspecified atom stereocenters. The molecule has 5 N–H and O–H groups in total. The van der Waals surface area contributed by atoms with E-state index in [-0.39, 0.29) is 6.04 Å². The minimum absolute atomic E-state index is 0.199. The number of nitrogens with one attached hydrogen (secondary N) is 2. The molecule has 0 saturated carbocycles. The number of benzene rings is 2. The third-order valence-corrected chi connectivity index (χ3v) is 9.93. The number of rotatable bonds is 8. The number of hydrogen-bond donors (Lipinski definition) is 4. The fourth-order valence-electron chi connectivity index (χ4n) is 6.96. The summed E-state index contributed by atoms with van der Waals surface area (Å²) in [4.78, 5) is 43.7. The van der Waals surface area contributed by atoms with E-state index < -0.39 is 23.4 Å². The van der Waals surface area contributed by atoms with E-state index in [9.17, 15) is 9.59 Å². The molecule has 0 aliphatic heterocycles. The van der Waals surface area contributed by atoms with Crippen molar-refractivity contribution in [1.29, 1.82) is 0 Å². The number of anilines is 2. The van der Waals surface area contributed by atoms with Gasteiger partial charge in [0.2, 0.25) is 0 Å². The van der Waals surface area contributed by atoms with Crippen LogP contribution >= 0.6 is 0 Å². The number of oxime groups is 1. The van der Waals surface area contributed by atoms with Gasteiger partial charge in [-0.1, -0.05) is 29.4 Å². The lowest BCUT2D eigenvalue weighted by Crippen LogP contribution is -2.27. The van der Waals surface area contributed by atoms with E-state index in [2.05, 4.69) is 40.9 Å². The van der Waals surface area contributed by atoms with E-state index in [0.717, 1.165) is 55.7 Å². The largest absolute Gasteiger partial charge is 0.444 e. The zero-order chi connectivity index (χ0) is 48.2. The molecule has 0 spiro atoms. The van der Waals surface area contributed by atoms with Crippen molar-refractivity contribution in [3.63, 3.8) is 0 Å². The first-order valence-corrected chi connectivity index (χ1v) is 21.6. The van der Waals surface area contributed by atoms with Crippen LogP contribution in [0.15, 0.2) is 115 Å². The summed E-state index contributed by atoms with van der Waals surface area (Å²) in [5.74, 6) is 1.34. The van der Waals surface area contributed by atoms with Crippen LogP contribution in [-0.4, -0.2) is 73.8 Å². The van der Waals surface area contributed by atoms with Crippen molar-refractivity contribution < 1.29 is 24.3 Å². The van der Waals surface area contributed by atoms with Gasteiger partial charge in [0.15, 0.2) is 11.6 Å². The van der Waals surface area contributed by atoms with Gasteiger partial charge in [0.1, 0.15) is 16.9 Å². The zero-order valence-electron chi connectivity index (χ0n) is 39.2. The Hall–Kier alpha value is -8.05. The molecule has 0 aliphatic carbocycles. The van der Waals surface area contributed by atoms with Gasteiger partial charge in [-0.25, -0.2) is 33.9 Å². The maximum Gasteiger partial charge on any atom is 0.412 e. The van der Waals surface area contributed by atoms with Gasteiger partial charge in [-0.2, -0.15) is 10.2 Å². The molecule has 1 atom stereocenters. The van der Waals surface area contributed by atoms with Gasteiger partial charge in [0.05, 0.1) is 57.6 Å². The summed E-state index contributed by atoms with van der Waals surface area (Å²) in [6, 6.07) is 30.0.